The first-order valence-electron chi connectivity index (χ1n) is 5.80. The largest absolute Gasteiger partial charge is 0.396 e. The molecule has 0 aliphatic carbocycles. The summed E-state index contributed by atoms with van der Waals surface area (Å²) in [6, 6.07) is 13.8. The van der Waals surface area contributed by atoms with Crippen LogP contribution in [0.25, 0.3) is 0 Å². The smallest absolute Gasteiger partial charge is 0.123 e. The lowest BCUT2D eigenvalue weighted by molar-refractivity contribution is 0.264. The van der Waals surface area contributed by atoms with Crippen LogP contribution in [0.2, 0.25) is 5.02 Å². The fourth-order valence-electron chi connectivity index (χ4n) is 2.00. The Hall–Kier alpha value is -1.38. The highest BCUT2D eigenvalue weighted by Crippen LogP contribution is 2.23. The molecule has 2 rings (SSSR count). The van der Waals surface area contributed by atoms with Crippen molar-refractivity contribution in [2.75, 3.05) is 6.61 Å². The van der Waals surface area contributed by atoms with Gasteiger partial charge in [0.05, 0.1) is 6.61 Å². The van der Waals surface area contributed by atoms with Gasteiger partial charge in [0.2, 0.25) is 0 Å². The summed E-state index contributed by atoms with van der Waals surface area (Å²) in [6.07, 6.45) is 0.592. The molecule has 0 fully saturated rings. The van der Waals surface area contributed by atoms with Crippen LogP contribution in [0.3, 0.4) is 0 Å². The molecule has 94 valence electrons. The molecular weight excluding hydrogens is 251 g/mol. The zero-order chi connectivity index (χ0) is 13.0. The van der Waals surface area contributed by atoms with Gasteiger partial charge in [0, 0.05) is 10.9 Å². The molecule has 0 amide bonds. The Morgan fingerprint density at radius 2 is 1.89 bits per heavy atom. The maximum atomic E-state index is 13.1. The van der Waals surface area contributed by atoms with Gasteiger partial charge in [-0.05, 0) is 41.8 Å². The van der Waals surface area contributed by atoms with Gasteiger partial charge in [-0.1, -0.05) is 35.9 Å². The van der Waals surface area contributed by atoms with E-state index >= 15 is 0 Å². The third kappa shape index (κ3) is 3.31. The third-order valence-corrected chi connectivity index (χ3v) is 3.15. The molecule has 0 aliphatic rings. The summed E-state index contributed by atoms with van der Waals surface area (Å²) in [5.41, 5.74) is 1.84. The highest BCUT2D eigenvalue weighted by atomic mass is 35.5. The van der Waals surface area contributed by atoms with Crippen molar-refractivity contribution in [2.45, 2.75) is 12.3 Å². The van der Waals surface area contributed by atoms with Crippen LogP contribution in [0.1, 0.15) is 17.0 Å². The first kappa shape index (κ1) is 13.1. The highest BCUT2D eigenvalue weighted by molar-refractivity contribution is 6.30. The predicted molar refractivity (Wildman–Crippen MR) is 71.4 cm³/mol. The van der Waals surface area contributed by atoms with Gasteiger partial charge in [0.25, 0.3) is 0 Å². The van der Waals surface area contributed by atoms with Gasteiger partial charge in [-0.15, -0.1) is 0 Å². The van der Waals surface area contributed by atoms with Gasteiger partial charge in [-0.2, -0.15) is 0 Å². The van der Waals surface area contributed by atoms with Crippen LogP contribution >= 0.6 is 11.6 Å². The Labute approximate surface area is 111 Å². The van der Waals surface area contributed by atoms with Crippen LogP contribution < -0.4 is 0 Å². The Balaban J connectivity index is 2.19. The molecule has 1 atom stereocenters. The lowest BCUT2D eigenvalue weighted by Gasteiger charge is -2.15. The monoisotopic (exact) mass is 264 g/mol. The second-order valence-corrected chi connectivity index (χ2v) is 4.70. The Morgan fingerprint density at radius 3 is 2.56 bits per heavy atom. The third-order valence-electron chi connectivity index (χ3n) is 2.91. The minimum Gasteiger partial charge on any atom is -0.396 e. The van der Waals surface area contributed by atoms with E-state index in [2.05, 4.69) is 0 Å². The van der Waals surface area contributed by atoms with E-state index in [-0.39, 0.29) is 18.3 Å². The summed E-state index contributed by atoms with van der Waals surface area (Å²) < 4.78 is 13.1. The number of halogens is 2. The molecule has 3 heteroatoms. The van der Waals surface area contributed by atoms with E-state index in [1.54, 1.807) is 12.1 Å². The molecule has 0 spiro atoms. The topological polar surface area (TPSA) is 20.2 Å². The van der Waals surface area contributed by atoms with Gasteiger partial charge >= 0.3 is 0 Å². The Bertz CT molecular complexity index is 527. The Kier molecular flexibility index (Phi) is 4.34. The van der Waals surface area contributed by atoms with Crippen LogP contribution in [0.5, 0.6) is 0 Å². The molecule has 0 heterocycles. The number of aliphatic hydroxyl groups excluding tert-OH is 1. The molecule has 18 heavy (non-hydrogen) atoms. The average molecular weight is 265 g/mol. The zero-order valence-electron chi connectivity index (χ0n) is 9.81. The summed E-state index contributed by atoms with van der Waals surface area (Å²) in [7, 11) is 0. The highest BCUT2D eigenvalue weighted by Gasteiger charge is 2.12. The van der Waals surface area contributed by atoms with E-state index in [0.29, 0.717) is 11.4 Å². The second-order valence-electron chi connectivity index (χ2n) is 4.27. The standard InChI is InChI=1S/C15H14ClFO/c16-14-5-2-4-12(9-14)13(10-18)7-11-3-1-6-15(17)8-11/h1-6,8-9,13,18H,7,10H2. The molecular formula is C15H14ClFO. The van der Waals surface area contributed by atoms with Crippen molar-refractivity contribution in [3.8, 4) is 0 Å². The van der Waals surface area contributed by atoms with Gasteiger partial charge < -0.3 is 5.11 Å². The molecule has 1 unspecified atom stereocenters. The van der Waals surface area contributed by atoms with Crippen molar-refractivity contribution in [2.24, 2.45) is 0 Å². The van der Waals surface area contributed by atoms with E-state index in [9.17, 15) is 9.50 Å². The first-order chi connectivity index (χ1) is 8.69. The molecule has 0 aliphatic heterocycles. The number of benzene rings is 2. The molecule has 2 aromatic rings. The summed E-state index contributed by atoms with van der Waals surface area (Å²) in [6.45, 7) is 0.0108. The normalized spacial score (nSPS) is 12.4. The number of hydrogen-bond acceptors (Lipinski definition) is 1. The number of hydrogen-bond donors (Lipinski definition) is 1. The van der Waals surface area contributed by atoms with E-state index < -0.39 is 0 Å². The van der Waals surface area contributed by atoms with Crippen LogP contribution in [-0.4, -0.2) is 11.7 Å². The van der Waals surface area contributed by atoms with Crippen molar-refractivity contribution in [3.05, 3.63) is 70.5 Å². The maximum Gasteiger partial charge on any atom is 0.123 e. The van der Waals surface area contributed by atoms with E-state index in [4.69, 9.17) is 11.6 Å². The fourth-order valence-corrected chi connectivity index (χ4v) is 2.20. The van der Waals surface area contributed by atoms with Crippen molar-refractivity contribution >= 4 is 11.6 Å². The molecule has 0 saturated carbocycles. The molecule has 1 N–H and O–H groups in total. The van der Waals surface area contributed by atoms with Crippen molar-refractivity contribution in [1.29, 1.82) is 0 Å². The van der Waals surface area contributed by atoms with E-state index in [1.807, 2.05) is 24.3 Å². The minimum atomic E-state index is -0.254. The lowest BCUT2D eigenvalue weighted by atomic mass is 9.93. The zero-order valence-corrected chi connectivity index (χ0v) is 10.6. The molecule has 0 radical (unpaired) electrons. The van der Waals surface area contributed by atoms with E-state index in [0.717, 1.165) is 11.1 Å². The van der Waals surface area contributed by atoms with Gasteiger partial charge in [-0.25, -0.2) is 4.39 Å². The fraction of sp³-hybridized carbons (Fsp3) is 0.200. The molecule has 0 aromatic heterocycles. The number of aliphatic hydroxyl groups is 1. The lowest BCUT2D eigenvalue weighted by Crippen LogP contribution is -2.08. The SMILES string of the molecule is OCC(Cc1cccc(F)c1)c1cccc(Cl)c1. The minimum absolute atomic E-state index is 0.0108. The van der Waals surface area contributed by atoms with Crippen molar-refractivity contribution in [3.63, 3.8) is 0 Å². The molecule has 2 aromatic carbocycles. The number of rotatable bonds is 4. The van der Waals surface area contributed by atoms with Crippen LogP contribution in [0, 0.1) is 5.82 Å². The van der Waals surface area contributed by atoms with Crippen LogP contribution in [0.15, 0.2) is 48.5 Å². The van der Waals surface area contributed by atoms with Gasteiger partial charge in [-0.3, -0.25) is 0 Å². The quantitative estimate of drug-likeness (QED) is 0.891. The second kappa shape index (κ2) is 5.98. The average Bonchev–Trinajstić information content (AvgIpc) is 2.36. The van der Waals surface area contributed by atoms with Crippen molar-refractivity contribution in [1.82, 2.24) is 0 Å². The Morgan fingerprint density at radius 1 is 1.11 bits per heavy atom. The predicted octanol–water partition coefficient (Wildman–Crippen LogP) is 3.80. The summed E-state index contributed by atoms with van der Waals surface area (Å²) in [5.74, 6) is -0.319. The molecule has 0 saturated heterocycles. The molecule has 1 nitrogen and oxygen atoms in total. The maximum absolute atomic E-state index is 13.1. The van der Waals surface area contributed by atoms with Gasteiger partial charge in [0.1, 0.15) is 5.82 Å². The summed E-state index contributed by atoms with van der Waals surface area (Å²) in [4.78, 5) is 0. The van der Waals surface area contributed by atoms with Gasteiger partial charge in [0.15, 0.2) is 0 Å². The first-order valence-corrected chi connectivity index (χ1v) is 6.17. The van der Waals surface area contributed by atoms with Crippen molar-refractivity contribution < 1.29 is 9.50 Å². The summed E-state index contributed by atoms with van der Waals surface area (Å²) >= 11 is 5.93. The van der Waals surface area contributed by atoms with E-state index in [1.165, 1.54) is 12.1 Å². The van der Waals surface area contributed by atoms with Crippen LogP contribution in [-0.2, 0) is 6.42 Å². The summed E-state index contributed by atoms with van der Waals surface area (Å²) in [5, 5.41) is 10.1. The van der Waals surface area contributed by atoms with Crippen LogP contribution in [0.4, 0.5) is 4.39 Å². The molecule has 0 bridgehead atoms.